The molecular formula is C15H10ClNO3. The first-order valence-corrected chi connectivity index (χ1v) is 6.36. The molecule has 20 heavy (non-hydrogen) atoms. The third-order valence-corrected chi connectivity index (χ3v) is 3.53. The molecule has 0 radical (unpaired) electrons. The summed E-state index contributed by atoms with van der Waals surface area (Å²) in [5, 5.41) is 0.619. The van der Waals surface area contributed by atoms with Gasteiger partial charge in [0.1, 0.15) is 0 Å². The second kappa shape index (κ2) is 4.65. The van der Waals surface area contributed by atoms with Crippen molar-refractivity contribution in [2.24, 2.45) is 0 Å². The topological polar surface area (TPSA) is 63.1 Å². The third-order valence-electron chi connectivity index (χ3n) is 3.10. The third kappa shape index (κ3) is 2.14. The normalized spacial score (nSPS) is 10.9. The minimum atomic E-state index is -0.535. The van der Waals surface area contributed by atoms with Crippen LogP contribution in [0.3, 0.4) is 0 Å². The Morgan fingerprint density at radius 1 is 1.15 bits per heavy atom. The molecule has 4 nitrogen and oxygen atoms in total. The summed E-state index contributed by atoms with van der Waals surface area (Å²) in [6, 6.07) is 9.96. The second-order valence-corrected chi connectivity index (χ2v) is 4.93. The number of hydrogen-bond donors (Lipinski definition) is 1. The summed E-state index contributed by atoms with van der Waals surface area (Å²) >= 11 is 5.95. The van der Waals surface area contributed by atoms with Crippen molar-refractivity contribution in [3.8, 4) is 0 Å². The summed E-state index contributed by atoms with van der Waals surface area (Å²) in [7, 11) is 0. The van der Waals surface area contributed by atoms with E-state index in [1.54, 1.807) is 36.4 Å². The van der Waals surface area contributed by atoms with E-state index in [1.807, 2.05) is 6.92 Å². The molecule has 1 aromatic heterocycles. The highest BCUT2D eigenvalue weighted by Gasteiger charge is 2.12. The summed E-state index contributed by atoms with van der Waals surface area (Å²) in [6.07, 6.45) is 0. The van der Waals surface area contributed by atoms with Gasteiger partial charge in [0.15, 0.2) is 11.4 Å². The molecule has 100 valence electrons. The predicted molar refractivity (Wildman–Crippen MR) is 76.5 cm³/mol. The van der Waals surface area contributed by atoms with Gasteiger partial charge in [-0.2, -0.15) is 0 Å². The number of benzene rings is 2. The Labute approximate surface area is 119 Å². The van der Waals surface area contributed by atoms with Crippen LogP contribution in [0.2, 0.25) is 5.02 Å². The molecule has 0 fully saturated rings. The van der Waals surface area contributed by atoms with Crippen LogP contribution < -0.4 is 5.76 Å². The van der Waals surface area contributed by atoms with E-state index in [2.05, 4.69) is 4.98 Å². The van der Waals surface area contributed by atoms with Gasteiger partial charge in [-0.25, -0.2) is 4.79 Å². The summed E-state index contributed by atoms with van der Waals surface area (Å²) in [5.41, 5.74) is 2.78. The maximum absolute atomic E-state index is 12.4. The van der Waals surface area contributed by atoms with E-state index in [4.69, 9.17) is 16.0 Å². The van der Waals surface area contributed by atoms with Crippen molar-refractivity contribution in [1.82, 2.24) is 4.98 Å². The van der Waals surface area contributed by atoms with E-state index in [0.717, 1.165) is 5.56 Å². The highest BCUT2D eigenvalue weighted by molar-refractivity contribution is 6.31. The molecule has 0 saturated heterocycles. The van der Waals surface area contributed by atoms with Gasteiger partial charge in [-0.05, 0) is 48.9 Å². The minimum absolute atomic E-state index is 0.143. The largest absolute Gasteiger partial charge is 0.417 e. The Morgan fingerprint density at radius 2 is 1.85 bits per heavy atom. The smallest absolute Gasteiger partial charge is 0.408 e. The number of carbonyl (C=O) groups is 1. The molecule has 0 saturated carbocycles. The van der Waals surface area contributed by atoms with E-state index < -0.39 is 5.76 Å². The number of rotatable bonds is 2. The number of hydrogen-bond acceptors (Lipinski definition) is 3. The van der Waals surface area contributed by atoms with E-state index in [1.165, 1.54) is 0 Å². The van der Waals surface area contributed by atoms with Crippen molar-refractivity contribution in [3.05, 3.63) is 68.7 Å². The van der Waals surface area contributed by atoms with Crippen molar-refractivity contribution in [3.63, 3.8) is 0 Å². The number of aromatic amines is 1. The summed E-state index contributed by atoms with van der Waals surface area (Å²) in [4.78, 5) is 26.0. The van der Waals surface area contributed by atoms with Gasteiger partial charge in [0.05, 0.1) is 5.52 Å². The Balaban J connectivity index is 2.07. The van der Waals surface area contributed by atoms with Crippen molar-refractivity contribution in [2.75, 3.05) is 0 Å². The van der Waals surface area contributed by atoms with Crippen LogP contribution >= 0.6 is 11.6 Å². The maximum atomic E-state index is 12.4. The number of aryl methyl sites for hydroxylation is 1. The lowest BCUT2D eigenvalue weighted by atomic mass is 10.0. The molecule has 5 heteroatoms. The zero-order valence-electron chi connectivity index (χ0n) is 10.6. The molecule has 3 rings (SSSR count). The number of fused-ring (bicyclic) bond motifs is 1. The Hall–Kier alpha value is -2.33. The molecule has 0 spiro atoms. The summed E-state index contributed by atoms with van der Waals surface area (Å²) in [6.45, 7) is 1.84. The van der Waals surface area contributed by atoms with Crippen molar-refractivity contribution < 1.29 is 9.21 Å². The molecule has 0 amide bonds. The lowest BCUT2D eigenvalue weighted by Crippen LogP contribution is -2.01. The van der Waals surface area contributed by atoms with Gasteiger partial charge in [0, 0.05) is 16.1 Å². The first-order chi connectivity index (χ1) is 9.54. The molecule has 0 bridgehead atoms. The fraction of sp³-hybridized carbons (Fsp3) is 0.0667. The van der Waals surface area contributed by atoms with E-state index in [-0.39, 0.29) is 5.78 Å². The summed E-state index contributed by atoms with van der Waals surface area (Å²) in [5.74, 6) is -0.678. The molecule has 0 unspecified atom stereocenters. The highest BCUT2D eigenvalue weighted by atomic mass is 35.5. The van der Waals surface area contributed by atoms with Crippen LogP contribution in [0.1, 0.15) is 21.5 Å². The van der Waals surface area contributed by atoms with Crippen LogP contribution in [0.15, 0.2) is 45.6 Å². The average Bonchev–Trinajstić information content (AvgIpc) is 2.80. The SMILES string of the molecule is Cc1cc(C(=O)c2ccc3[nH]c(=O)oc3c2)ccc1Cl. The molecule has 0 atom stereocenters. The monoisotopic (exact) mass is 287 g/mol. The van der Waals surface area contributed by atoms with Crippen LogP contribution in [0.4, 0.5) is 0 Å². The number of H-pyrrole nitrogens is 1. The standard InChI is InChI=1S/C15H10ClNO3/c1-8-6-9(2-4-11(8)16)14(18)10-3-5-12-13(7-10)20-15(19)17-12/h2-7H,1H3,(H,17,19). The van der Waals surface area contributed by atoms with Crippen LogP contribution in [0, 0.1) is 6.92 Å². The van der Waals surface area contributed by atoms with Crippen molar-refractivity contribution in [1.29, 1.82) is 0 Å². The van der Waals surface area contributed by atoms with Gasteiger partial charge in [-0.1, -0.05) is 11.6 Å². The number of oxazole rings is 1. The zero-order valence-corrected chi connectivity index (χ0v) is 11.3. The Bertz CT molecular complexity index is 876. The molecule has 0 aliphatic carbocycles. The van der Waals surface area contributed by atoms with Gasteiger partial charge in [0.25, 0.3) is 0 Å². The number of carbonyl (C=O) groups excluding carboxylic acids is 1. The van der Waals surface area contributed by atoms with Crippen molar-refractivity contribution >= 4 is 28.5 Å². The Kier molecular flexibility index (Phi) is 2.95. The first kappa shape index (κ1) is 12.7. The van der Waals surface area contributed by atoms with Crippen LogP contribution in [-0.4, -0.2) is 10.8 Å². The lowest BCUT2D eigenvalue weighted by Gasteiger charge is -2.03. The van der Waals surface area contributed by atoms with E-state index >= 15 is 0 Å². The molecule has 0 aliphatic heterocycles. The van der Waals surface area contributed by atoms with Crippen LogP contribution in [-0.2, 0) is 0 Å². The quantitative estimate of drug-likeness (QED) is 0.736. The lowest BCUT2D eigenvalue weighted by molar-refractivity contribution is 0.103. The fourth-order valence-electron chi connectivity index (χ4n) is 2.04. The molecule has 0 aliphatic rings. The van der Waals surface area contributed by atoms with E-state index in [0.29, 0.717) is 27.2 Å². The van der Waals surface area contributed by atoms with Crippen LogP contribution in [0.25, 0.3) is 11.1 Å². The van der Waals surface area contributed by atoms with Gasteiger partial charge < -0.3 is 4.42 Å². The minimum Gasteiger partial charge on any atom is -0.408 e. The van der Waals surface area contributed by atoms with E-state index in [9.17, 15) is 9.59 Å². The molecule has 1 N–H and O–H groups in total. The fourth-order valence-corrected chi connectivity index (χ4v) is 2.16. The number of nitrogens with one attached hydrogen (secondary N) is 1. The van der Waals surface area contributed by atoms with Gasteiger partial charge in [-0.3, -0.25) is 9.78 Å². The first-order valence-electron chi connectivity index (χ1n) is 5.98. The van der Waals surface area contributed by atoms with Gasteiger partial charge in [0.2, 0.25) is 0 Å². The van der Waals surface area contributed by atoms with Gasteiger partial charge in [-0.15, -0.1) is 0 Å². The zero-order chi connectivity index (χ0) is 14.3. The van der Waals surface area contributed by atoms with Crippen molar-refractivity contribution in [2.45, 2.75) is 6.92 Å². The summed E-state index contributed by atoms with van der Waals surface area (Å²) < 4.78 is 4.95. The number of aromatic nitrogens is 1. The van der Waals surface area contributed by atoms with Crippen LogP contribution in [0.5, 0.6) is 0 Å². The predicted octanol–water partition coefficient (Wildman–Crippen LogP) is 3.31. The number of ketones is 1. The molecule has 1 heterocycles. The molecule has 2 aromatic carbocycles. The molecular weight excluding hydrogens is 278 g/mol. The average molecular weight is 288 g/mol. The maximum Gasteiger partial charge on any atom is 0.417 e. The second-order valence-electron chi connectivity index (χ2n) is 4.52. The number of halogens is 1. The Morgan fingerprint density at radius 3 is 2.60 bits per heavy atom. The highest BCUT2D eigenvalue weighted by Crippen LogP contribution is 2.20. The molecule has 3 aromatic rings. The van der Waals surface area contributed by atoms with Gasteiger partial charge >= 0.3 is 5.76 Å².